The van der Waals surface area contributed by atoms with Gasteiger partial charge in [0.25, 0.3) is 0 Å². The zero-order valence-corrected chi connectivity index (χ0v) is 30.2. The first-order valence-electron chi connectivity index (χ1n) is 14.3. The number of carbonyl (C=O) groups excluding carboxylic acids is 1. The molecule has 0 aliphatic heterocycles. The van der Waals surface area contributed by atoms with Crippen LogP contribution in [0, 0.1) is 0 Å². The van der Waals surface area contributed by atoms with Gasteiger partial charge in [-0.3, -0.25) is 19.9 Å². The van der Waals surface area contributed by atoms with E-state index in [1.165, 1.54) is 36.4 Å². The number of carboxylic acids is 2. The fraction of sp³-hybridized carbons (Fsp3) is 0. The molecule has 4 aromatic heterocycles. The first-order valence-corrected chi connectivity index (χ1v) is 14.3. The molecule has 0 aliphatic carbocycles. The summed E-state index contributed by atoms with van der Waals surface area (Å²) in [6.07, 6.45) is 11.7. The van der Waals surface area contributed by atoms with Gasteiger partial charge in [-0.2, -0.15) is 0 Å². The molecular formula is C38H30CdN4O6. The van der Waals surface area contributed by atoms with Crippen LogP contribution in [0.3, 0.4) is 0 Å². The largest absolute Gasteiger partial charge is 2.00 e. The molecule has 10 nitrogen and oxygen atoms in total. The van der Waals surface area contributed by atoms with E-state index in [0.717, 1.165) is 34.9 Å². The molecule has 6 aromatic rings. The first-order chi connectivity index (χ1) is 23.3. The summed E-state index contributed by atoms with van der Waals surface area (Å²) in [4.78, 5) is 36.8. The number of hydrogen-bond acceptors (Lipinski definition) is 9. The Kier molecular flexibility index (Phi) is 18.0. The van der Waals surface area contributed by atoms with Crippen LogP contribution in [0.4, 0.5) is 0 Å². The molecule has 2 aromatic carbocycles. The van der Waals surface area contributed by atoms with Crippen LogP contribution in [0.1, 0.15) is 11.1 Å². The van der Waals surface area contributed by atoms with Gasteiger partial charge in [0.15, 0.2) is 0 Å². The number of pyridine rings is 4. The molecule has 0 atom stereocenters. The third-order valence-corrected chi connectivity index (χ3v) is 5.74. The number of hydrogen-bond donors (Lipinski definition) is 2. The van der Waals surface area contributed by atoms with Gasteiger partial charge in [0.05, 0.1) is 28.7 Å². The quantitative estimate of drug-likeness (QED) is 0.168. The minimum absolute atomic E-state index is 0. The summed E-state index contributed by atoms with van der Waals surface area (Å²) in [5.74, 6) is -2.29. The molecule has 0 amide bonds. The Hall–Kier alpha value is -6.02. The van der Waals surface area contributed by atoms with Crippen molar-refractivity contribution in [2.45, 2.75) is 0 Å². The molecular weight excluding hydrogens is 721 g/mol. The van der Waals surface area contributed by atoms with Crippen LogP contribution in [0.5, 0.6) is 11.5 Å². The van der Waals surface area contributed by atoms with Crippen LogP contribution in [0.2, 0.25) is 0 Å². The molecule has 0 saturated carbocycles. The second-order valence-corrected chi connectivity index (χ2v) is 9.35. The second kappa shape index (κ2) is 22.5. The predicted octanol–water partition coefficient (Wildman–Crippen LogP) is 5.30. The number of carbonyl (C=O) groups is 2. The Morgan fingerprint density at radius 3 is 1.31 bits per heavy atom. The zero-order chi connectivity index (χ0) is 34.4. The molecule has 4 heterocycles. The van der Waals surface area contributed by atoms with Gasteiger partial charge in [0.1, 0.15) is 5.75 Å². The van der Waals surface area contributed by atoms with Crippen LogP contribution in [-0.2, 0) is 36.9 Å². The monoisotopic (exact) mass is 752 g/mol. The van der Waals surface area contributed by atoms with E-state index in [4.69, 9.17) is 10.2 Å². The van der Waals surface area contributed by atoms with Crippen LogP contribution >= 0.6 is 0 Å². The van der Waals surface area contributed by atoms with Gasteiger partial charge in [-0.15, -0.1) is 5.75 Å². The van der Waals surface area contributed by atoms with E-state index in [9.17, 15) is 19.8 Å². The van der Waals surface area contributed by atoms with Gasteiger partial charge in [0.2, 0.25) is 0 Å². The van der Waals surface area contributed by atoms with E-state index in [0.29, 0.717) is 11.1 Å². The maximum absolute atomic E-state index is 10.8. The van der Waals surface area contributed by atoms with Crippen molar-refractivity contribution in [3.05, 3.63) is 169 Å². The minimum atomic E-state index is -1.25. The number of phenolic OH excluding ortho intramolecular Hbond substituents is 1. The predicted molar refractivity (Wildman–Crippen MR) is 180 cm³/mol. The number of carboxylic acid groups (broad SMARTS) is 2. The Morgan fingerprint density at radius 2 is 0.959 bits per heavy atom. The molecule has 0 spiro atoms. The molecule has 0 unspecified atom stereocenters. The minimum Gasteiger partial charge on any atom is -0.872 e. The summed E-state index contributed by atoms with van der Waals surface area (Å²) in [5, 5.41) is 38.0. The smallest absolute Gasteiger partial charge is 0.872 e. The van der Waals surface area contributed by atoms with Gasteiger partial charge >= 0.3 is 33.3 Å². The topological polar surface area (TPSA) is 172 Å². The van der Waals surface area contributed by atoms with Gasteiger partial charge in [-0.25, -0.2) is 4.79 Å². The average Bonchev–Trinajstić information content (AvgIpc) is 3.12. The third kappa shape index (κ3) is 16.4. The van der Waals surface area contributed by atoms with Crippen molar-refractivity contribution in [1.29, 1.82) is 0 Å². The number of aliphatic carboxylic acids is 2. The molecule has 6 rings (SSSR count). The summed E-state index contributed by atoms with van der Waals surface area (Å²) in [5.41, 5.74) is 4.89. The van der Waals surface area contributed by atoms with Gasteiger partial charge in [-0.1, -0.05) is 66.7 Å². The molecule has 240 valence electrons. The van der Waals surface area contributed by atoms with Crippen molar-refractivity contribution in [2.24, 2.45) is 0 Å². The summed E-state index contributed by atoms with van der Waals surface area (Å²) >= 11 is 0. The molecule has 0 bridgehead atoms. The van der Waals surface area contributed by atoms with Gasteiger partial charge < -0.3 is 25.2 Å². The summed E-state index contributed by atoms with van der Waals surface area (Å²) in [6, 6.07) is 35.5. The number of phenols is 1. The van der Waals surface area contributed by atoms with Crippen LogP contribution in [0.25, 0.3) is 34.9 Å². The normalized spacial score (nSPS) is 9.80. The second-order valence-electron chi connectivity index (χ2n) is 9.35. The Labute approximate surface area is 303 Å². The van der Waals surface area contributed by atoms with Crippen LogP contribution in [-0.4, -0.2) is 42.1 Å². The molecule has 2 N–H and O–H groups in total. The average molecular weight is 751 g/mol. The molecule has 0 saturated heterocycles. The maximum Gasteiger partial charge on any atom is 2.00 e. The molecule has 49 heavy (non-hydrogen) atoms. The maximum atomic E-state index is 10.8. The number of benzene rings is 2. The van der Waals surface area contributed by atoms with E-state index in [-0.39, 0.29) is 38.8 Å². The summed E-state index contributed by atoms with van der Waals surface area (Å²) in [6.45, 7) is 0. The van der Waals surface area contributed by atoms with Gasteiger partial charge in [0, 0.05) is 30.9 Å². The Morgan fingerprint density at radius 1 is 0.551 bits per heavy atom. The summed E-state index contributed by atoms with van der Waals surface area (Å²) < 4.78 is 0. The van der Waals surface area contributed by atoms with E-state index in [1.54, 1.807) is 49.1 Å². The SMILES string of the molecule is O=C(O)/C=C/c1cccc([O-])c1.O=C([O-])/C=C/c1cccc(O)c1.[Cd+2].c1ccc(-c2ccccn2)nc1.c1ccc(-c2ccccn2)nc1. The Balaban J connectivity index is 0.000000225. The fourth-order valence-corrected chi connectivity index (χ4v) is 3.64. The number of aromatic nitrogens is 4. The van der Waals surface area contributed by atoms with Crippen molar-refractivity contribution in [3.8, 4) is 34.3 Å². The van der Waals surface area contributed by atoms with Crippen molar-refractivity contribution in [1.82, 2.24) is 19.9 Å². The van der Waals surface area contributed by atoms with E-state index in [1.807, 2.05) is 72.8 Å². The Bertz CT molecular complexity index is 1680. The number of aromatic hydroxyl groups is 1. The van der Waals surface area contributed by atoms with Crippen LogP contribution in [0.15, 0.2) is 158 Å². The molecule has 11 heteroatoms. The number of rotatable bonds is 6. The van der Waals surface area contributed by atoms with E-state index >= 15 is 0 Å². The van der Waals surface area contributed by atoms with Crippen molar-refractivity contribution < 1.29 is 57.3 Å². The molecule has 0 radical (unpaired) electrons. The zero-order valence-electron chi connectivity index (χ0n) is 26.2. The third-order valence-electron chi connectivity index (χ3n) is 5.74. The fourth-order valence-electron chi connectivity index (χ4n) is 3.64. The van der Waals surface area contributed by atoms with Crippen molar-refractivity contribution >= 4 is 24.1 Å². The van der Waals surface area contributed by atoms with E-state index in [2.05, 4.69) is 19.9 Å². The van der Waals surface area contributed by atoms with Gasteiger partial charge in [-0.05, 0) is 83.9 Å². The van der Waals surface area contributed by atoms with E-state index < -0.39 is 11.9 Å². The summed E-state index contributed by atoms with van der Waals surface area (Å²) in [7, 11) is 0. The standard InChI is InChI=1S/2C10H8N2.2C9H8O3.Cd/c2*1-3-7-11-9(5-1)10-6-2-4-8-12-10;2*10-8-3-1-2-7(6-8)4-5-9(11)12;/h2*1-8H;2*1-6,10H,(H,11,12);/q;;;;+2/p-2/b;;2*5-4+;. The number of nitrogens with zero attached hydrogens (tertiary/aromatic N) is 4. The molecule has 0 aliphatic rings. The molecule has 0 fully saturated rings. The van der Waals surface area contributed by atoms with Crippen LogP contribution < -0.4 is 10.2 Å². The first kappa shape index (κ1) is 39.2. The van der Waals surface area contributed by atoms with Crippen molar-refractivity contribution in [2.75, 3.05) is 0 Å². The van der Waals surface area contributed by atoms with Crippen molar-refractivity contribution in [3.63, 3.8) is 0 Å².